The van der Waals surface area contributed by atoms with Crippen molar-refractivity contribution < 1.29 is 18.0 Å². The van der Waals surface area contributed by atoms with Crippen LogP contribution in [0.2, 0.25) is 0 Å². The maximum absolute atomic E-state index is 13.4. The van der Waals surface area contributed by atoms with Gasteiger partial charge in [0, 0.05) is 13.1 Å². The summed E-state index contributed by atoms with van der Waals surface area (Å²) in [6.45, 7) is 5.85. The predicted molar refractivity (Wildman–Crippen MR) is 128 cm³/mol. The van der Waals surface area contributed by atoms with Crippen LogP contribution in [0, 0.1) is 6.92 Å². The largest absolute Gasteiger partial charge is 0.354 e. The lowest BCUT2D eigenvalue weighted by Gasteiger charge is -2.32. The minimum atomic E-state index is -3.72. The van der Waals surface area contributed by atoms with E-state index >= 15 is 0 Å². The van der Waals surface area contributed by atoms with Crippen molar-refractivity contribution in [3.63, 3.8) is 0 Å². The average Bonchev–Trinajstić information content (AvgIpc) is 2.76. The molecule has 1 unspecified atom stereocenters. The van der Waals surface area contributed by atoms with Crippen LogP contribution in [-0.2, 0) is 26.2 Å². The van der Waals surface area contributed by atoms with Crippen LogP contribution in [0.4, 0.5) is 5.69 Å². The number of nitrogens with zero attached hydrogens (tertiary/aromatic N) is 2. The van der Waals surface area contributed by atoms with Crippen LogP contribution < -0.4 is 9.62 Å². The standard InChI is InChI=1S/C24H33N3O4S/c1-5-6-16-25-24(29)20(3)26(17-21-13-8-7-9-14-21)23(28)18-27(32(4,30)31)22-15-11-10-12-19(22)2/h7-15,20H,5-6,16-18H2,1-4H3,(H,25,29). The number of amides is 2. The van der Waals surface area contributed by atoms with Crippen LogP contribution in [0.3, 0.4) is 0 Å². The smallest absolute Gasteiger partial charge is 0.244 e. The molecule has 0 aliphatic rings. The molecular formula is C24H33N3O4S. The summed E-state index contributed by atoms with van der Waals surface area (Å²) in [5, 5.41) is 2.86. The van der Waals surface area contributed by atoms with E-state index in [-0.39, 0.29) is 19.0 Å². The number of aryl methyl sites for hydroxylation is 1. The highest BCUT2D eigenvalue weighted by Crippen LogP contribution is 2.22. The van der Waals surface area contributed by atoms with E-state index in [0.29, 0.717) is 12.2 Å². The second-order valence-corrected chi connectivity index (χ2v) is 9.79. The Bertz CT molecular complexity index is 1010. The van der Waals surface area contributed by atoms with Gasteiger partial charge in [-0.3, -0.25) is 13.9 Å². The van der Waals surface area contributed by atoms with Gasteiger partial charge in [-0.1, -0.05) is 61.9 Å². The van der Waals surface area contributed by atoms with Crippen molar-refractivity contribution in [2.45, 2.75) is 46.2 Å². The number of carbonyl (C=O) groups is 2. The number of rotatable bonds is 11. The molecule has 7 nitrogen and oxygen atoms in total. The zero-order valence-corrected chi connectivity index (χ0v) is 20.1. The number of hydrogen-bond acceptors (Lipinski definition) is 4. The van der Waals surface area contributed by atoms with Gasteiger partial charge in [0.1, 0.15) is 12.6 Å². The predicted octanol–water partition coefficient (Wildman–Crippen LogP) is 3.09. The normalized spacial score (nSPS) is 12.1. The van der Waals surface area contributed by atoms with E-state index in [1.807, 2.05) is 43.3 Å². The summed E-state index contributed by atoms with van der Waals surface area (Å²) in [4.78, 5) is 27.6. The first kappa shape index (κ1) is 25.4. The average molecular weight is 460 g/mol. The molecule has 0 heterocycles. The van der Waals surface area contributed by atoms with Crippen LogP contribution >= 0.6 is 0 Å². The molecule has 0 spiro atoms. The minimum Gasteiger partial charge on any atom is -0.354 e. The molecule has 8 heteroatoms. The number of sulfonamides is 1. The topological polar surface area (TPSA) is 86.8 Å². The molecular weight excluding hydrogens is 426 g/mol. The first-order valence-electron chi connectivity index (χ1n) is 10.8. The molecule has 32 heavy (non-hydrogen) atoms. The molecule has 0 aliphatic carbocycles. The van der Waals surface area contributed by atoms with E-state index in [2.05, 4.69) is 5.32 Å². The van der Waals surface area contributed by atoms with Crippen molar-refractivity contribution in [1.82, 2.24) is 10.2 Å². The first-order chi connectivity index (χ1) is 15.1. The molecule has 0 radical (unpaired) electrons. The Kier molecular flexibility index (Phi) is 9.26. The molecule has 0 fully saturated rings. The van der Waals surface area contributed by atoms with Gasteiger partial charge in [-0.2, -0.15) is 0 Å². The third-order valence-corrected chi connectivity index (χ3v) is 6.38. The second-order valence-electron chi connectivity index (χ2n) is 7.88. The fourth-order valence-corrected chi connectivity index (χ4v) is 4.24. The Labute approximate surface area is 191 Å². The minimum absolute atomic E-state index is 0.202. The number of para-hydroxylation sites is 1. The fourth-order valence-electron chi connectivity index (χ4n) is 3.34. The summed E-state index contributed by atoms with van der Waals surface area (Å²) in [5.74, 6) is -0.704. The van der Waals surface area contributed by atoms with E-state index in [1.165, 1.54) is 4.90 Å². The summed E-state index contributed by atoms with van der Waals surface area (Å²) < 4.78 is 26.2. The van der Waals surface area contributed by atoms with Gasteiger partial charge in [0.25, 0.3) is 0 Å². The fraction of sp³-hybridized carbons (Fsp3) is 0.417. The molecule has 1 atom stereocenters. The van der Waals surface area contributed by atoms with E-state index < -0.39 is 22.0 Å². The SMILES string of the molecule is CCCCNC(=O)C(C)N(Cc1ccccc1)C(=O)CN(c1ccccc1C)S(C)(=O)=O. The third kappa shape index (κ3) is 7.09. The number of anilines is 1. The maximum atomic E-state index is 13.4. The van der Waals surface area contributed by atoms with Crippen molar-refractivity contribution in [3.05, 3.63) is 65.7 Å². The Hall–Kier alpha value is -2.87. The molecule has 1 N–H and O–H groups in total. The highest BCUT2D eigenvalue weighted by atomic mass is 32.2. The van der Waals surface area contributed by atoms with Gasteiger partial charge in [0.15, 0.2) is 0 Å². The molecule has 0 saturated heterocycles. The number of benzene rings is 2. The summed E-state index contributed by atoms with van der Waals surface area (Å²) in [5.41, 5.74) is 2.05. The second kappa shape index (κ2) is 11.7. The zero-order valence-electron chi connectivity index (χ0n) is 19.2. The molecule has 0 aliphatic heterocycles. The van der Waals surface area contributed by atoms with Crippen molar-refractivity contribution >= 4 is 27.5 Å². The molecule has 2 amide bonds. The summed E-state index contributed by atoms with van der Waals surface area (Å²) in [6.07, 6.45) is 2.87. The van der Waals surface area contributed by atoms with Crippen LogP contribution in [0.1, 0.15) is 37.8 Å². The lowest BCUT2D eigenvalue weighted by Crippen LogP contribution is -2.51. The zero-order chi connectivity index (χ0) is 23.7. The molecule has 0 aromatic heterocycles. The van der Waals surface area contributed by atoms with E-state index in [4.69, 9.17) is 0 Å². The van der Waals surface area contributed by atoms with Gasteiger partial charge in [-0.25, -0.2) is 8.42 Å². The quantitative estimate of drug-likeness (QED) is 0.523. The van der Waals surface area contributed by atoms with Crippen LogP contribution in [0.5, 0.6) is 0 Å². The molecule has 174 valence electrons. The summed E-state index contributed by atoms with van der Waals surface area (Å²) in [7, 11) is -3.72. The Morgan fingerprint density at radius 1 is 1.03 bits per heavy atom. The van der Waals surface area contributed by atoms with Gasteiger partial charge < -0.3 is 10.2 Å². The van der Waals surface area contributed by atoms with Crippen molar-refractivity contribution in [2.75, 3.05) is 23.7 Å². The lowest BCUT2D eigenvalue weighted by atomic mass is 10.1. The van der Waals surface area contributed by atoms with E-state index in [9.17, 15) is 18.0 Å². The third-order valence-electron chi connectivity index (χ3n) is 5.26. The molecule has 2 aromatic rings. The lowest BCUT2D eigenvalue weighted by molar-refractivity contribution is -0.139. The summed E-state index contributed by atoms with van der Waals surface area (Å²) >= 11 is 0. The Balaban J connectivity index is 2.33. The monoisotopic (exact) mass is 459 g/mol. The van der Waals surface area contributed by atoms with Gasteiger partial charge in [-0.15, -0.1) is 0 Å². The van der Waals surface area contributed by atoms with Gasteiger partial charge in [0.05, 0.1) is 11.9 Å². The number of nitrogens with one attached hydrogen (secondary N) is 1. The number of carbonyl (C=O) groups excluding carboxylic acids is 2. The van der Waals surface area contributed by atoms with Crippen molar-refractivity contribution in [2.24, 2.45) is 0 Å². The number of hydrogen-bond donors (Lipinski definition) is 1. The Morgan fingerprint density at radius 2 is 1.66 bits per heavy atom. The van der Waals surface area contributed by atoms with Crippen LogP contribution in [-0.4, -0.2) is 50.5 Å². The Morgan fingerprint density at radius 3 is 2.25 bits per heavy atom. The molecule has 0 bridgehead atoms. The van der Waals surface area contributed by atoms with Crippen molar-refractivity contribution in [3.8, 4) is 0 Å². The van der Waals surface area contributed by atoms with E-state index in [1.54, 1.807) is 32.0 Å². The molecule has 2 aromatic carbocycles. The van der Waals surface area contributed by atoms with Gasteiger partial charge >= 0.3 is 0 Å². The molecule has 0 saturated carbocycles. The summed E-state index contributed by atoms with van der Waals surface area (Å²) in [6, 6.07) is 15.6. The highest BCUT2D eigenvalue weighted by Gasteiger charge is 2.30. The van der Waals surface area contributed by atoms with Crippen LogP contribution in [0.25, 0.3) is 0 Å². The van der Waals surface area contributed by atoms with Crippen LogP contribution in [0.15, 0.2) is 54.6 Å². The van der Waals surface area contributed by atoms with Gasteiger partial charge in [0.2, 0.25) is 21.8 Å². The number of unbranched alkanes of at least 4 members (excludes halogenated alkanes) is 1. The van der Waals surface area contributed by atoms with Gasteiger partial charge in [-0.05, 0) is 37.5 Å². The molecule has 2 rings (SSSR count). The van der Waals surface area contributed by atoms with E-state index in [0.717, 1.165) is 34.5 Å². The maximum Gasteiger partial charge on any atom is 0.244 e. The van der Waals surface area contributed by atoms with Crippen molar-refractivity contribution in [1.29, 1.82) is 0 Å². The first-order valence-corrected chi connectivity index (χ1v) is 12.6. The highest BCUT2D eigenvalue weighted by molar-refractivity contribution is 7.92.